The molecule has 0 unspecified atom stereocenters. The molecule has 5 nitrogen and oxygen atoms in total. The molecule has 1 aromatic rings. The quantitative estimate of drug-likeness (QED) is 0.553. The van der Waals surface area contributed by atoms with Crippen molar-refractivity contribution in [3.8, 4) is 0 Å². The zero-order chi connectivity index (χ0) is 9.73. The van der Waals surface area contributed by atoms with E-state index in [1.165, 1.54) is 0 Å². The standard InChI is InChI=1S/C7H10N2O3S.Na.H/c1-12-13(10,11)9-8-7-5-3-2-4-6-7;;/h2-6,8-9H,1H3;;. The van der Waals surface area contributed by atoms with E-state index in [0.717, 1.165) is 7.11 Å². The van der Waals surface area contributed by atoms with Crippen LogP contribution < -0.4 is 10.3 Å². The molecule has 0 atom stereocenters. The molecule has 0 heterocycles. The molecule has 0 aliphatic carbocycles. The number of benzene rings is 1. The van der Waals surface area contributed by atoms with Gasteiger partial charge in [-0.05, 0) is 12.1 Å². The maximum atomic E-state index is 10.8. The molecule has 0 aliphatic rings. The van der Waals surface area contributed by atoms with E-state index in [1.807, 2.05) is 10.9 Å². The number of hydrogen-bond donors (Lipinski definition) is 2. The molecular weight excluding hydrogens is 215 g/mol. The third-order valence-corrected chi connectivity index (χ3v) is 2.10. The van der Waals surface area contributed by atoms with Gasteiger partial charge in [0.2, 0.25) is 0 Å². The average molecular weight is 226 g/mol. The fraction of sp³-hybridized carbons (Fsp3) is 0.143. The van der Waals surface area contributed by atoms with Crippen LogP contribution in [-0.2, 0) is 14.5 Å². The number of hydrazine groups is 1. The van der Waals surface area contributed by atoms with Crippen LogP contribution in [-0.4, -0.2) is 45.1 Å². The van der Waals surface area contributed by atoms with Gasteiger partial charge in [0.05, 0.1) is 7.11 Å². The predicted molar refractivity (Wildman–Crippen MR) is 56.3 cm³/mol. The molecular formula is C7H11N2NaO3S. The molecule has 7 heteroatoms. The van der Waals surface area contributed by atoms with Crippen LogP contribution in [0.25, 0.3) is 0 Å². The number of hydrogen-bond acceptors (Lipinski definition) is 4. The monoisotopic (exact) mass is 226 g/mol. The Kier molecular flexibility index (Phi) is 6.34. The Bertz CT molecular complexity index is 354. The van der Waals surface area contributed by atoms with Crippen LogP contribution in [0.1, 0.15) is 0 Å². The molecule has 74 valence electrons. The van der Waals surface area contributed by atoms with Crippen LogP contribution in [0.5, 0.6) is 0 Å². The zero-order valence-corrected chi connectivity index (χ0v) is 7.84. The molecule has 0 saturated carbocycles. The van der Waals surface area contributed by atoms with E-state index in [0.29, 0.717) is 5.69 Å². The van der Waals surface area contributed by atoms with Gasteiger partial charge in [-0.15, -0.1) is 4.83 Å². The van der Waals surface area contributed by atoms with Gasteiger partial charge >= 0.3 is 39.9 Å². The van der Waals surface area contributed by atoms with E-state index < -0.39 is 10.3 Å². The fourth-order valence-electron chi connectivity index (χ4n) is 0.685. The topological polar surface area (TPSA) is 67.4 Å². The summed E-state index contributed by atoms with van der Waals surface area (Å²) in [7, 11) is -2.60. The van der Waals surface area contributed by atoms with Crippen molar-refractivity contribution in [3.05, 3.63) is 30.3 Å². The summed E-state index contributed by atoms with van der Waals surface area (Å²) in [5.74, 6) is 0. The van der Waals surface area contributed by atoms with Gasteiger partial charge in [-0.2, -0.15) is 8.42 Å². The van der Waals surface area contributed by atoms with E-state index in [9.17, 15) is 8.42 Å². The van der Waals surface area contributed by atoms with E-state index >= 15 is 0 Å². The van der Waals surface area contributed by atoms with Crippen molar-refractivity contribution in [2.24, 2.45) is 0 Å². The van der Waals surface area contributed by atoms with Crippen molar-refractivity contribution in [2.75, 3.05) is 12.5 Å². The Labute approximate surface area is 105 Å². The van der Waals surface area contributed by atoms with E-state index in [4.69, 9.17) is 0 Å². The predicted octanol–water partition coefficient (Wildman–Crippen LogP) is -0.154. The van der Waals surface area contributed by atoms with Crippen molar-refractivity contribution < 1.29 is 12.6 Å². The molecule has 0 saturated heterocycles. The van der Waals surface area contributed by atoms with Gasteiger partial charge in [0, 0.05) is 5.69 Å². The summed E-state index contributed by atoms with van der Waals surface area (Å²) in [4.78, 5) is 2.02. The molecule has 0 bridgehead atoms. The summed E-state index contributed by atoms with van der Waals surface area (Å²) in [5.41, 5.74) is 3.11. The Morgan fingerprint density at radius 1 is 1.21 bits per heavy atom. The van der Waals surface area contributed by atoms with Crippen LogP contribution >= 0.6 is 0 Å². The molecule has 1 rings (SSSR count). The van der Waals surface area contributed by atoms with Gasteiger partial charge < -0.3 is 5.43 Å². The second-order valence-electron chi connectivity index (χ2n) is 2.21. The minimum absolute atomic E-state index is 0. The molecule has 1 aromatic carbocycles. The molecule has 0 fully saturated rings. The summed E-state index contributed by atoms with van der Waals surface area (Å²) in [6.07, 6.45) is 0. The van der Waals surface area contributed by atoms with Gasteiger partial charge in [0.25, 0.3) is 0 Å². The molecule has 2 N–H and O–H groups in total. The first-order chi connectivity index (χ1) is 6.14. The minimum atomic E-state index is -3.68. The third-order valence-electron chi connectivity index (χ3n) is 1.31. The van der Waals surface area contributed by atoms with Crippen molar-refractivity contribution in [2.45, 2.75) is 0 Å². The van der Waals surface area contributed by atoms with Crippen molar-refractivity contribution >= 4 is 45.5 Å². The van der Waals surface area contributed by atoms with E-state index in [1.54, 1.807) is 24.3 Å². The number of para-hydroxylation sites is 1. The average Bonchev–Trinajstić information content (AvgIpc) is 2.17. The molecule has 0 aromatic heterocycles. The van der Waals surface area contributed by atoms with Gasteiger partial charge in [-0.25, -0.2) is 0 Å². The van der Waals surface area contributed by atoms with Crippen LogP contribution in [0.3, 0.4) is 0 Å². The SMILES string of the molecule is COS(=O)(=O)NNc1ccccc1.[NaH]. The van der Waals surface area contributed by atoms with Gasteiger partial charge in [-0.3, -0.25) is 4.18 Å². The van der Waals surface area contributed by atoms with Crippen molar-refractivity contribution in [3.63, 3.8) is 0 Å². The van der Waals surface area contributed by atoms with Crippen LogP contribution in [0, 0.1) is 0 Å². The summed E-state index contributed by atoms with van der Waals surface area (Å²) in [6, 6.07) is 8.83. The second-order valence-corrected chi connectivity index (χ2v) is 3.66. The Morgan fingerprint density at radius 2 is 1.79 bits per heavy atom. The summed E-state index contributed by atoms with van der Waals surface area (Å²) in [5, 5.41) is 0. The molecule has 14 heavy (non-hydrogen) atoms. The van der Waals surface area contributed by atoms with Crippen LogP contribution in [0.2, 0.25) is 0 Å². The van der Waals surface area contributed by atoms with E-state index in [-0.39, 0.29) is 29.6 Å². The zero-order valence-electron chi connectivity index (χ0n) is 7.02. The second kappa shape index (κ2) is 6.39. The number of rotatable bonds is 4. The first kappa shape index (κ1) is 13.9. The Balaban J connectivity index is 0.00000169. The Morgan fingerprint density at radius 3 is 2.29 bits per heavy atom. The fourth-order valence-corrected chi connectivity index (χ4v) is 1.01. The number of anilines is 1. The molecule has 0 amide bonds. The molecule has 0 radical (unpaired) electrons. The molecule has 0 aliphatic heterocycles. The maximum absolute atomic E-state index is 10.8. The Hall–Kier alpha value is -0.110. The summed E-state index contributed by atoms with van der Waals surface area (Å²) in [6.45, 7) is 0. The van der Waals surface area contributed by atoms with Crippen molar-refractivity contribution in [1.82, 2.24) is 4.83 Å². The van der Waals surface area contributed by atoms with Gasteiger partial charge in [-0.1, -0.05) is 18.2 Å². The first-order valence-electron chi connectivity index (χ1n) is 3.52. The van der Waals surface area contributed by atoms with Gasteiger partial charge in [0.1, 0.15) is 0 Å². The van der Waals surface area contributed by atoms with Crippen molar-refractivity contribution in [1.29, 1.82) is 0 Å². The number of nitrogens with one attached hydrogen (secondary N) is 2. The summed E-state index contributed by atoms with van der Waals surface area (Å²) < 4.78 is 25.7. The normalized spacial score (nSPS) is 10.4. The van der Waals surface area contributed by atoms with Gasteiger partial charge in [0.15, 0.2) is 0 Å². The molecule has 0 spiro atoms. The van der Waals surface area contributed by atoms with E-state index in [2.05, 4.69) is 9.61 Å². The van der Waals surface area contributed by atoms with Crippen LogP contribution in [0.4, 0.5) is 5.69 Å². The third kappa shape index (κ3) is 4.94. The summed E-state index contributed by atoms with van der Waals surface area (Å²) >= 11 is 0. The van der Waals surface area contributed by atoms with Crippen LogP contribution in [0.15, 0.2) is 30.3 Å². The first-order valence-corrected chi connectivity index (χ1v) is 4.93.